The molecule has 0 spiro atoms. The quantitative estimate of drug-likeness (QED) is 0.260. The number of carboxylic acid groups (broad SMARTS) is 1. The summed E-state index contributed by atoms with van der Waals surface area (Å²) in [7, 11) is 0. The van der Waals surface area contributed by atoms with Crippen LogP contribution in [-0.4, -0.2) is 86.1 Å². The van der Waals surface area contributed by atoms with Gasteiger partial charge in [-0.1, -0.05) is 20.8 Å². The fourth-order valence-electron chi connectivity index (χ4n) is 10.2. The highest BCUT2D eigenvalue weighted by Crippen LogP contribution is 2.68. The van der Waals surface area contributed by atoms with Crippen LogP contribution in [0.15, 0.2) is 0 Å². The summed E-state index contributed by atoms with van der Waals surface area (Å²) >= 11 is 0. The molecule has 4 aliphatic carbocycles. The zero-order chi connectivity index (χ0) is 28.3. The predicted molar refractivity (Wildman–Crippen MR) is 141 cm³/mol. The minimum Gasteiger partial charge on any atom is -0.481 e. The zero-order valence-electron chi connectivity index (χ0n) is 23.7. The van der Waals surface area contributed by atoms with Crippen LogP contribution in [0.1, 0.15) is 85.0 Å². The van der Waals surface area contributed by atoms with E-state index in [1.807, 2.05) is 0 Å². The summed E-state index contributed by atoms with van der Waals surface area (Å²) in [5.74, 6) is 1.78. The van der Waals surface area contributed by atoms with Crippen LogP contribution in [-0.2, 0) is 14.3 Å². The summed E-state index contributed by atoms with van der Waals surface area (Å²) < 4.78 is 11.8. The minimum atomic E-state index is -1.44. The standard InChI is InChI=1S/C30H50O9/c1-15(4-9-24(33)34)19-7-8-20-18-6-5-16-12-17(38-28-27(37)26(36)25(35)22(14-31)39-28)10-11-29(16,2)21(18)13-23(32)30(19,20)3/h15-23,25-28,31-32,35-37H,4-14H2,1-3H3,(H,33,34)/t15-,16-,17-,18+,19-,20+,21+,22-,23+,25-,26+,27-,28-,29+,30-/m1/s1. The second-order valence-electron chi connectivity index (χ2n) is 14.1. The molecule has 0 unspecified atom stereocenters. The molecule has 5 rings (SSSR count). The van der Waals surface area contributed by atoms with Gasteiger partial charge in [-0.25, -0.2) is 0 Å². The first-order chi connectivity index (χ1) is 18.4. The third-order valence-corrected chi connectivity index (χ3v) is 12.5. The van der Waals surface area contributed by atoms with Crippen molar-refractivity contribution >= 4 is 5.97 Å². The van der Waals surface area contributed by atoms with E-state index in [0.717, 1.165) is 51.4 Å². The summed E-state index contributed by atoms with van der Waals surface area (Å²) in [5.41, 5.74) is -0.0703. The van der Waals surface area contributed by atoms with E-state index in [0.29, 0.717) is 36.0 Å². The Hall–Kier alpha value is -0.810. The highest BCUT2D eigenvalue weighted by Gasteiger charge is 2.64. The van der Waals surface area contributed by atoms with Crippen molar-refractivity contribution in [2.24, 2.45) is 46.3 Å². The first-order valence-electron chi connectivity index (χ1n) is 15.3. The van der Waals surface area contributed by atoms with Gasteiger partial charge in [0.1, 0.15) is 24.4 Å². The molecule has 15 atom stereocenters. The number of hydrogen-bond donors (Lipinski definition) is 6. The van der Waals surface area contributed by atoms with Crippen molar-refractivity contribution < 1.29 is 44.9 Å². The molecule has 1 saturated heterocycles. The van der Waals surface area contributed by atoms with Gasteiger partial charge in [0.05, 0.1) is 18.8 Å². The number of carbonyl (C=O) groups is 1. The molecule has 9 heteroatoms. The SMILES string of the molecule is C[C@H](CCC(=O)O)[C@H]1CC[C@H]2[C@@H]3CC[C@@H]4C[C@H](O[C@@H]5O[C@H](CO)[C@@H](O)[C@H](O)[C@H]5O)CC[C@]4(C)[C@H]3C[C@H](O)[C@]12C. The molecule has 5 fully saturated rings. The van der Waals surface area contributed by atoms with Gasteiger partial charge in [-0.05, 0) is 104 Å². The van der Waals surface area contributed by atoms with Gasteiger partial charge in [-0.2, -0.15) is 0 Å². The Balaban J connectivity index is 1.26. The van der Waals surface area contributed by atoms with Crippen molar-refractivity contribution in [3.63, 3.8) is 0 Å². The topological polar surface area (TPSA) is 157 Å². The molecule has 6 N–H and O–H groups in total. The second-order valence-corrected chi connectivity index (χ2v) is 14.1. The van der Waals surface area contributed by atoms with Crippen molar-refractivity contribution in [1.29, 1.82) is 0 Å². The molecule has 0 aromatic carbocycles. The van der Waals surface area contributed by atoms with E-state index in [9.17, 15) is 35.4 Å². The number of ether oxygens (including phenoxy) is 2. The molecule has 1 aliphatic heterocycles. The lowest BCUT2D eigenvalue weighted by molar-refractivity contribution is -0.316. The molecule has 224 valence electrons. The van der Waals surface area contributed by atoms with Crippen molar-refractivity contribution in [2.45, 2.75) is 128 Å². The third-order valence-electron chi connectivity index (χ3n) is 12.5. The Morgan fingerprint density at radius 1 is 0.974 bits per heavy atom. The van der Waals surface area contributed by atoms with Crippen LogP contribution in [0.4, 0.5) is 0 Å². The largest absolute Gasteiger partial charge is 0.481 e. The van der Waals surface area contributed by atoms with E-state index >= 15 is 0 Å². The maximum Gasteiger partial charge on any atom is 0.303 e. The Kier molecular flexibility index (Phi) is 8.46. The summed E-state index contributed by atoms with van der Waals surface area (Å²) in [6, 6.07) is 0. The van der Waals surface area contributed by atoms with Crippen molar-refractivity contribution in [2.75, 3.05) is 6.61 Å². The first-order valence-corrected chi connectivity index (χ1v) is 15.3. The van der Waals surface area contributed by atoms with Crippen molar-refractivity contribution in [1.82, 2.24) is 0 Å². The molecule has 5 aliphatic rings. The van der Waals surface area contributed by atoms with Gasteiger partial charge >= 0.3 is 5.97 Å². The highest BCUT2D eigenvalue weighted by atomic mass is 16.7. The fourth-order valence-corrected chi connectivity index (χ4v) is 10.2. The minimum absolute atomic E-state index is 0.0908. The van der Waals surface area contributed by atoms with E-state index in [1.54, 1.807) is 0 Å². The monoisotopic (exact) mass is 554 g/mol. The van der Waals surface area contributed by atoms with Gasteiger partial charge in [0.2, 0.25) is 0 Å². The molecule has 9 nitrogen and oxygen atoms in total. The molecule has 0 radical (unpaired) electrons. The number of aliphatic hydroxyl groups is 5. The predicted octanol–water partition coefficient (Wildman–Crippen LogP) is 2.30. The van der Waals surface area contributed by atoms with Gasteiger partial charge in [0.25, 0.3) is 0 Å². The number of aliphatic hydroxyl groups excluding tert-OH is 5. The van der Waals surface area contributed by atoms with E-state index in [2.05, 4.69) is 20.8 Å². The highest BCUT2D eigenvalue weighted by molar-refractivity contribution is 5.66. The van der Waals surface area contributed by atoms with Gasteiger partial charge in [0.15, 0.2) is 6.29 Å². The van der Waals surface area contributed by atoms with E-state index in [4.69, 9.17) is 9.47 Å². The van der Waals surface area contributed by atoms with Gasteiger partial charge < -0.3 is 40.1 Å². The maximum atomic E-state index is 11.7. The Bertz CT molecular complexity index is 882. The Morgan fingerprint density at radius 2 is 1.72 bits per heavy atom. The van der Waals surface area contributed by atoms with Crippen LogP contribution >= 0.6 is 0 Å². The van der Waals surface area contributed by atoms with Gasteiger partial charge in [0, 0.05) is 6.42 Å². The molecule has 0 aromatic rings. The van der Waals surface area contributed by atoms with Crippen molar-refractivity contribution in [3.05, 3.63) is 0 Å². The third kappa shape index (κ3) is 4.98. The summed E-state index contributed by atoms with van der Waals surface area (Å²) in [4.78, 5) is 11.2. The molecule has 4 saturated carbocycles. The van der Waals surface area contributed by atoms with Gasteiger partial charge in [-0.15, -0.1) is 0 Å². The van der Waals surface area contributed by atoms with Crippen LogP contribution in [0.3, 0.4) is 0 Å². The van der Waals surface area contributed by atoms with Gasteiger partial charge in [-0.3, -0.25) is 4.79 Å². The average Bonchev–Trinajstić information content (AvgIpc) is 3.27. The van der Waals surface area contributed by atoms with Crippen LogP contribution in [0, 0.1) is 46.3 Å². The lowest BCUT2D eigenvalue weighted by atomic mass is 9.43. The molecule has 1 heterocycles. The van der Waals surface area contributed by atoms with E-state index < -0.39 is 43.3 Å². The number of aliphatic carboxylic acids is 1. The molecular weight excluding hydrogens is 504 g/mol. The average molecular weight is 555 g/mol. The number of carboxylic acids is 1. The number of fused-ring (bicyclic) bond motifs is 5. The Morgan fingerprint density at radius 3 is 2.41 bits per heavy atom. The fraction of sp³-hybridized carbons (Fsp3) is 0.967. The summed E-state index contributed by atoms with van der Waals surface area (Å²) in [6.07, 6.45) is 1.79. The molecule has 0 bridgehead atoms. The zero-order valence-corrected chi connectivity index (χ0v) is 23.7. The molecular formula is C30H50O9. The van der Waals surface area contributed by atoms with Crippen LogP contribution < -0.4 is 0 Å². The number of rotatable bonds is 7. The normalized spacial score (nSPS) is 52.4. The summed E-state index contributed by atoms with van der Waals surface area (Å²) in [5, 5.41) is 61.1. The lowest BCUT2D eigenvalue weighted by Crippen LogP contribution is -2.61. The van der Waals surface area contributed by atoms with Crippen LogP contribution in [0.5, 0.6) is 0 Å². The Labute approximate surface area is 231 Å². The second kappa shape index (κ2) is 11.1. The molecule has 39 heavy (non-hydrogen) atoms. The lowest BCUT2D eigenvalue weighted by Gasteiger charge is -2.62. The van der Waals surface area contributed by atoms with E-state index in [1.165, 1.54) is 0 Å². The summed E-state index contributed by atoms with van der Waals surface area (Å²) in [6.45, 7) is 6.39. The van der Waals surface area contributed by atoms with Crippen LogP contribution in [0.2, 0.25) is 0 Å². The molecule has 0 aromatic heterocycles. The molecule has 0 amide bonds. The van der Waals surface area contributed by atoms with Crippen LogP contribution in [0.25, 0.3) is 0 Å². The van der Waals surface area contributed by atoms with E-state index in [-0.39, 0.29) is 35.4 Å². The maximum absolute atomic E-state index is 11.7. The smallest absolute Gasteiger partial charge is 0.303 e. The van der Waals surface area contributed by atoms with Crippen molar-refractivity contribution in [3.8, 4) is 0 Å². The first kappa shape index (κ1) is 29.7. The number of hydrogen-bond acceptors (Lipinski definition) is 8.